The van der Waals surface area contributed by atoms with E-state index in [4.69, 9.17) is 9.47 Å². The van der Waals surface area contributed by atoms with E-state index in [0.717, 1.165) is 37.9 Å². The van der Waals surface area contributed by atoms with Crippen LogP contribution in [0.15, 0.2) is 15.5 Å². The van der Waals surface area contributed by atoms with Crippen molar-refractivity contribution in [3.8, 4) is 0 Å². The second kappa shape index (κ2) is 13.8. The molecule has 12 heteroatoms. The third kappa shape index (κ3) is 7.81. The molecule has 0 spiro atoms. The monoisotopic (exact) mass is 546 g/mol. The molecule has 0 aromatic carbocycles. The van der Waals surface area contributed by atoms with E-state index in [-0.39, 0.29) is 11.9 Å². The van der Waals surface area contributed by atoms with Crippen LogP contribution in [0.25, 0.3) is 0 Å². The molecule has 2 aromatic heterocycles. The Bertz CT molecular complexity index is 750. The first kappa shape index (κ1) is 25.7. The Hall–Kier alpha value is 0.440. The lowest BCUT2D eigenvalue weighted by atomic mass is 10.6. The van der Waals surface area contributed by atoms with E-state index in [1.807, 2.05) is 0 Å². The molecule has 0 aliphatic rings. The number of methoxy groups -OCH3 is 2. The lowest BCUT2D eigenvalue weighted by Crippen LogP contribution is -1.99. The molecule has 0 saturated carbocycles. The fourth-order valence-corrected chi connectivity index (χ4v) is 13.3. The summed E-state index contributed by atoms with van der Waals surface area (Å²) in [6, 6.07) is 0. The van der Waals surface area contributed by atoms with Crippen molar-refractivity contribution in [2.24, 2.45) is 0 Å². The summed E-state index contributed by atoms with van der Waals surface area (Å²) in [4.78, 5) is 25.5. The first-order chi connectivity index (χ1) is 14.0. The van der Waals surface area contributed by atoms with Gasteiger partial charge in [-0.1, -0.05) is 60.9 Å². The summed E-state index contributed by atoms with van der Waals surface area (Å²) < 4.78 is 14.3. The third-order valence-corrected chi connectivity index (χ3v) is 13.8. The van der Waals surface area contributed by atoms with Crippen molar-refractivity contribution in [3.05, 3.63) is 9.75 Å². The number of carbonyl (C=O) groups excluding carboxylic acids is 2. The minimum Gasteiger partial charge on any atom is -0.463 e. The summed E-state index contributed by atoms with van der Waals surface area (Å²) in [6.45, 7) is 4.22. The SMILES string of the molecule is CCSc1sc(C(=O)OC)c(SCCCSc2[s+]c(SCC)sc2C(=O)OC)[s+]1. The molecule has 0 aliphatic heterocycles. The largest absolute Gasteiger partial charge is 0.463 e. The van der Waals surface area contributed by atoms with Gasteiger partial charge in [-0.25, -0.2) is 9.59 Å². The average Bonchev–Trinajstić information content (AvgIpc) is 3.31. The lowest BCUT2D eigenvalue weighted by Gasteiger charge is -1.98. The van der Waals surface area contributed by atoms with Gasteiger partial charge in [-0.05, 0) is 6.42 Å². The summed E-state index contributed by atoms with van der Waals surface area (Å²) in [7, 11) is 2.85. The van der Waals surface area contributed by atoms with E-state index >= 15 is 0 Å². The Kier molecular flexibility index (Phi) is 12.2. The van der Waals surface area contributed by atoms with E-state index in [1.54, 1.807) is 69.7 Å². The topological polar surface area (TPSA) is 52.6 Å². The lowest BCUT2D eigenvalue weighted by molar-refractivity contribution is 0.0594. The van der Waals surface area contributed by atoms with Crippen LogP contribution in [0.4, 0.5) is 0 Å². The summed E-state index contributed by atoms with van der Waals surface area (Å²) in [5.41, 5.74) is 0. The Balaban J connectivity index is 1.91. The molecule has 0 fully saturated rings. The Labute approximate surface area is 204 Å². The zero-order valence-corrected chi connectivity index (χ0v) is 23.0. The predicted molar refractivity (Wildman–Crippen MR) is 135 cm³/mol. The van der Waals surface area contributed by atoms with Gasteiger partial charge in [0.25, 0.3) is 9.75 Å². The Morgan fingerprint density at radius 1 is 0.793 bits per heavy atom. The molecule has 0 unspecified atom stereocenters. The van der Waals surface area contributed by atoms with E-state index in [0.29, 0.717) is 9.75 Å². The molecular formula is C17H22O4S8+2. The molecule has 0 amide bonds. The number of thioether (sulfide) groups is 4. The molecule has 0 radical (unpaired) electrons. The number of esters is 2. The second-order valence-electron chi connectivity index (χ2n) is 5.04. The van der Waals surface area contributed by atoms with Crippen LogP contribution in [0.5, 0.6) is 0 Å². The minimum absolute atomic E-state index is 0.255. The Morgan fingerprint density at radius 2 is 1.21 bits per heavy atom. The van der Waals surface area contributed by atoms with Crippen molar-refractivity contribution in [1.82, 2.24) is 0 Å². The van der Waals surface area contributed by atoms with E-state index in [2.05, 4.69) is 13.8 Å². The van der Waals surface area contributed by atoms with Gasteiger partial charge in [0.1, 0.15) is 45.3 Å². The van der Waals surface area contributed by atoms with Crippen LogP contribution in [-0.2, 0) is 9.47 Å². The van der Waals surface area contributed by atoms with Gasteiger partial charge in [-0.15, -0.1) is 0 Å². The van der Waals surface area contributed by atoms with Gasteiger partial charge in [-0.3, -0.25) is 0 Å². The van der Waals surface area contributed by atoms with Gasteiger partial charge in [-0.2, -0.15) is 0 Å². The maximum absolute atomic E-state index is 12.0. The summed E-state index contributed by atoms with van der Waals surface area (Å²) in [5.74, 6) is 3.30. The number of hydrogen-bond donors (Lipinski definition) is 0. The van der Waals surface area contributed by atoms with Crippen LogP contribution in [-0.4, -0.2) is 49.2 Å². The van der Waals surface area contributed by atoms with Crippen LogP contribution >= 0.6 is 92.4 Å². The van der Waals surface area contributed by atoms with Crippen LogP contribution in [0.2, 0.25) is 0 Å². The summed E-state index contributed by atoms with van der Waals surface area (Å²) in [5, 5.41) is 0. The maximum atomic E-state index is 12.0. The molecular weight excluding hydrogens is 525 g/mol. The van der Waals surface area contributed by atoms with Gasteiger partial charge >= 0.3 is 19.0 Å². The van der Waals surface area contributed by atoms with Crippen molar-refractivity contribution in [1.29, 1.82) is 0 Å². The molecule has 0 saturated heterocycles. The number of rotatable bonds is 12. The van der Waals surface area contributed by atoms with Crippen molar-refractivity contribution < 1.29 is 19.1 Å². The molecule has 2 rings (SSSR count). The molecule has 2 aromatic rings. The van der Waals surface area contributed by atoms with Crippen molar-refractivity contribution in [3.63, 3.8) is 0 Å². The molecule has 0 atom stereocenters. The highest BCUT2D eigenvalue weighted by molar-refractivity contribution is 8.06. The smallest absolute Gasteiger partial charge is 0.375 e. The quantitative estimate of drug-likeness (QED) is 0.117. The van der Waals surface area contributed by atoms with Crippen molar-refractivity contribution >= 4 is 104 Å². The second-order valence-corrected chi connectivity index (χ2v) is 15.9. The maximum Gasteiger partial charge on any atom is 0.375 e. The summed E-state index contributed by atoms with van der Waals surface area (Å²) in [6.07, 6.45) is 0.980. The van der Waals surface area contributed by atoms with E-state index in [1.165, 1.54) is 43.9 Å². The molecule has 2 heterocycles. The Morgan fingerprint density at radius 3 is 1.55 bits per heavy atom. The van der Waals surface area contributed by atoms with Gasteiger partial charge in [0.05, 0.1) is 14.2 Å². The summed E-state index contributed by atoms with van der Waals surface area (Å²) >= 11 is 13.3. The highest BCUT2D eigenvalue weighted by Crippen LogP contribution is 2.44. The first-order valence-electron chi connectivity index (χ1n) is 8.65. The molecule has 0 N–H and O–H groups in total. The fraction of sp³-hybridized carbons (Fsp3) is 0.529. The van der Waals surface area contributed by atoms with Crippen molar-refractivity contribution in [2.75, 3.05) is 37.2 Å². The van der Waals surface area contributed by atoms with Gasteiger partial charge in [0, 0.05) is 23.0 Å². The standard InChI is InChI=1S/C17H22O4S8/c1-5-22-16-26-10(12(18)20-3)14(28-16)24-8-7-9-25-15-11(13(19)21-4)27-17(29-15)23-6-2/h5-9H2,1-4H3/q+2. The highest BCUT2D eigenvalue weighted by Gasteiger charge is 2.31. The average molecular weight is 547 g/mol. The van der Waals surface area contributed by atoms with Crippen LogP contribution in [0, 0.1) is 0 Å². The predicted octanol–water partition coefficient (Wildman–Crippen LogP) is 7.57. The van der Waals surface area contributed by atoms with Crippen LogP contribution < -0.4 is 0 Å². The van der Waals surface area contributed by atoms with Gasteiger partial charge < -0.3 is 9.47 Å². The fourth-order valence-electron chi connectivity index (χ4n) is 1.90. The first-order valence-corrected chi connectivity index (χ1v) is 15.9. The molecule has 160 valence electrons. The van der Waals surface area contributed by atoms with E-state index in [9.17, 15) is 9.59 Å². The molecule has 29 heavy (non-hydrogen) atoms. The highest BCUT2D eigenvalue weighted by atomic mass is 32.2. The van der Waals surface area contributed by atoms with Crippen molar-refractivity contribution in [2.45, 2.75) is 35.7 Å². The minimum atomic E-state index is -0.255. The molecule has 0 aliphatic carbocycles. The van der Waals surface area contributed by atoms with Gasteiger partial charge in [0.15, 0.2) is 0 Å². The molecule has 0 bridgehead atoms. The number of hydrogen-bond acceptors (Lipinski definition) is 10. The van der Waals surface area contributed by atoms with Gasteiger partial charge in [0.2, 0.25) is 8.42 Å². The number of carbonyl (C=O) groups is 2. The van der Waals surface area contributed by atoms with Crippen LogP contribution in [0.3, 0.4) is 0 Å². The third-order valence-electron chi connectivity index (χ3n) is 3.11. The number of ether oxygens (including phenoxy) is 2. The normalized spacial score (nSPS) is 10.9. The zero-order valence-electron chi connectivity index (χ0n) is 16.4. The zero-order chi connectivity index (χ0) is 21.2. The van der Waals surface area contributed by atoms with E-state index < -0.39 is 0 Å². The van der Waals surface area contributed by atoms with Crippen LogP contribution in [0.1, 0.15) is 39.6 Å². The molecule has 4 nitrogen and oxygen atoms in total.